The van der Waals surface area contributed by atoms with Gasteiger partial charge >= 0.3 is 0 Å². The number of hydrogen-bond donors (Lipinski definition) is 4. The van der Waals surface area contributed by atoms with E-state index in [1.807, 2.05) is 0 Å². The molecule has 0 saturated heterocycles. The summed E-state index contributed by atoms with van der Waals surface area (Å²) < 4.78 is 0. The first-order valence-electron chi connectivity index (χ1n) is 4.87. The number of rotatable bonds is 5. The number of anilines is 1. The molecule has 0 fully saturated rings. The maximum atomic E-state index is 10.6. The first kappa shape index (κ1) is 13.8. The van der Waals surface area contributed by atoms with Crippen LogP contribution in [-0.2, 0) is 4.79 Å². The molecule has 1 aromatic rings. The summed E-state index contributed by atoms with van der Waals surface area (Å²) in [5, 5.41) is 29.8. The van der Waals surface area contributed by atoms with Crippen molar-refractivity contribution in [1.82, 2.24) is 4.98 Å². The molecule has 1 rings (SSSR count). The maximum absolute atomic E-state index is 10.6. The number of amides is 1. The Hall–Kier alpha value is -2.26. The Balaban J connectivity index is 3.03. The standard InChI is InChI=1S/C9H12N4O5/c10-7(15)2-6(14)8(16)5-1-4(13(17)18)3-12-9(5)11/h1,3,6,8,14,16H,2H2,(H2,10,15)(H2,11,12). The van der Waals surface area contributed by atoms with Gasteiger partial charge in [-0.05, 0) is 0 Å². The molecule has 0 aliphatic carbocycles. The van der Waals surface area contributed by atoms with E-state index < -0.39 is 29.5 Å². The lowest BCUT2D eigenvalue weighted by atomic mass is 10.0. The number of aliphatic hydroxyl groups excluding tert-OH is 2. The highest BCUT2D eigenvalue weighted by atomic mass is 16.6. The van der Waals surface area contributed by atoms with Crippen molar-refractivity contribution in [3.8, 4) is 0 Å². The van der Waals surface area contributed by atoms with E-state index in [4.69, 9.17) is 11.5 Å². The van der Waals surface area contributed by atoms with Crippen molar-refractivity contribution in [2.45, 2.75) is 18.6 Å². The lowest BCUT2D eigenvalue weighted by Crippen LogP contribution is -2.26. The lowest BCUT2D eigenvalue weighted by Gasteiger charge is -2.17. The van der Waals surface area contributed by atoms with Crippen molar-refractivity contribution in [2.75, 3.05) is 5.73 Å². The zero-order valence-electron chi connectivity index (χ0n) is 9.18. The van der Waals surface area contributed by atoms with Gasteiger partial charge in [-0.25, -0.2) is 4.98 Å². The van der Waals surface area contributed by atoms with Crippen molar-refractivity contribution in [1.29, 1.82) is 0 Å². The number of carbonyl (C=O) groups is 1. The van der Waals surface area contributed by atoms with E-state index in [1.54, 1.807) is 0 Å². The molecule has 9 heteroatoms. The van der Waals surface area contributed by atoms with Gasteiger partial charge in [-0.15, -0.1) is 0 Å². The van der Waals surface area contributed by atoms with E-state index in [0.29, 0.717) is 0 Å². The van der Waals surface area contributed by atoms with Crippen molar-refractivity contribution in [3.05, 3.63) is 27.9 Å². The molecule has 6 N–H and O–H groups in total. The number of nitro groups is 1. The molecule has 2 atom stereocenters. The van der Waals surface area contributed by atoms with Crippen LogP contribution in [0.4, 0.5) is 11.5 Å². The molecule has 0 radical (unpaired) electrons. The second-order valence-corrected chi connectivity index (χ2v) is 3.61. The van der Waals surface area contributed by atoms with Crippen molar-refractivity contribution < 1.29 is 19.9 Å². The number of pyridine rings is 1. The van der Waals surface area contributed by atoms with Crippen molar-refractivity contribution in [3.63, 3.8) is 0 Å². The SMILES string of the molecule is NC(=O)CC(O)C(O)c1cc([N+](=O)[O-])cnc1N. The minimum Gasteiger partial charge on any atom is -0.390 e. The average molecular weight is 256 g/mol. The van der Waals surface area contributed by atoms with Crippen LogP contribution in [0, 0.1) is 10.1 Å². The number of aliphatic hydroxyl groups is 2. The van der Waals surface area contributed by atoms with Gasteiger partial charge in [-0.2, -0.15) is 0 Å². The van der Waals surface area contributed by atoms with E-state index >= 15 is 0 Å². The van der Waals surface area contributed by atoms with Gasteiger partial charge in [0.1, 0.15) is 18.1 Å². The van der Waals surface area contributed by atoms with Gasteiger partial charge in [0, 0.05) is 11.6 Å². The molecule has 0 bridgehead atoms. The largest absolute Gasteiger partial charge is 0.390 e. The second-order valence-electron chi connectivity index (χ2n) is 3.61. The highest BCUT2D eigenvalue weighted by molar-refractivity contribution is 5.74. The van der Waals surface area contributed by atoms with E-state index in [1.165, 1.54) is 0 Å². The van der Waals surface area contributed by atoms with Crippen LogP contribution < -0.4 is 11.5 Å². The van der Waals surface area contributed by atoms with E-state index in [0.717, 1.165) is 12.3 Å². The molecule has 98 valence electrons. The van der Waals surface area contributed by atoms with Crippen LogP contribution in [0.25, 0.3) is 0 Å². The van der Waals surface area contributed by atoms with Crippen LogP contribution in [-0.4, -0.2) is 32.1 Å². The molecule has 0 aromatic carbocycles. The first-order chi connectivity index (χ1) is 8.32. The van der Waals surface area contributed by atoms with Crippen LogP contribution >= 0.6 is 0 Å². The number of aromatic nitrogens is 1. The number of nitrogens with two attached hydrogens (primary N) is 2. The highest BCUT2D eigenvalue weighted by Crippen LogP contribution is 2.26. The average Bonchev–Trinajstić information content (AvgIpc) is 2.27. The Morgan fingerprint density at radius 2 is 2.17 bits per heavy atom. The van der Waals surface area contributed by atoms with Crippen molar-refractivity contribution >= 4 is 17.4 Å². The fourth-order valence-corrected chi connectivity index (χ4v) is 1.34. The Labute approximate surface area is 101 Å². The molecule has 0 aliphatic rings. The van der Waals surface area contributed by atoms with Gasteiger partial charge in [0.2, 0.25) is 5.91 Å². The van der Waals surface area contributed by atoms with Crippen LogP contribution in [0.5, 0.6) is 0 Å². The highest BCUT2D eigenvalue weighted by Gasteiger charge is 2.24. The summed E-state index contributed by atoms with van der Waals surface area (Å²) in [5.74, 6) is -0.991. The first-order valence-corrected chi connectivity index (χ1v) is 4.87. The second kappa shape index (κ2) is 5.38. The fourth-order valence-electron chi connectivity index (χ4n) is 1.34. The smallest absolute Gasteiger partial charge is 0.288 e. The Kier molecular flexibility index (Phi) is 4.13. The van der Waals surface area contributed by atoms with Gasteiger partial charge in [-0.1, -0.05) is 0 Å². The van der Waals surface area contributed by atoms with Crippen LogP contribution in [0.1, 0.15) is 18.1 Å². The molecule has 18 heavy (non-hydrogen) atoms. The number of nitrogen functional groups attached to an aromatic ring is 1. The van der Waals surface area contributed by atoms with E-state index in [-0.39, 0.29) is 17.1 Å². The predicted octanol–water partition coefficient (Wildman–Crippen LogP) is -1.16. The third-order valence-corrected chi connectivity index (χ3v) is 2.24. The number of carbonyl (C=O) groups excluding carboxylic acids is 1. The Morgan fingerprint density at radius 1 is 1.56 bits per heavy atom. The molecular weight excluding hydrogens is 244 g/mol. The van der Waals surface area contributed by atoms with E-state index in [2.05, 4.69) is 4.98 Å². The molecule has 1 aromatic heterocycles. The zero-order chi connectivity index (χ0) is 13.9. The van der Waals surface area contributed by atoms with Crippen LogP contribution in [0.2, 0.25) is 0 Å². The van der Waals surface area contributed by atoms with E-state index in [9.17, 15) is 25.1 Å². The summed E-state index contributed by atoms with van der Waals surface area (Å²) in [5.41, 5.74) is 9.79. The Bertz CT molecular complexity index is 478. The fraction of sp³-hybridized carbons (Fsp3) is 0.333. The number of nitrogens with zero attached hydrogens (tertiary/aromatic N) is 2. The van der Waals surface area contributed by atoms with Crippen LogP contribution in [0.3, 0.4) is 0 Å². The molecule has 0 aliphatic heterocycles. The van der Waals surface area contributed by atoms with Gasteiger partial charge < -0.3 is 21.7 Å². The molecular formula is C9H12N4O5. The zero-order valence-corrected chi connectivity index (χ0v) is 9.18. The molecule has 0 spiro atoms. The third-order valence-electron chi connectivity index (χ3n) is 2.24. The summed E-state index contributed by atoms with van der Waals surface area (Å²) in [6.07, 6.45) is -2.66. The van der Waals surface area contributed by atoms with Gasteiger partial charge in [0.25, 0.3) is 5.69 Å². The summed E-state index contributed by atoms with van der Waals surface area (Å²) in [6, 6.07) is 0.983. The van der Waals surface area contributed by atoms with Crippen LogP contribution in [0.15, 0.2) is 12.3 Å². The van der Waals surface area contributed by atoms with Crippen molar-refractivity contribution in [2.24, 2.45) is 5.73 Å². The Morgan fingerprint density at radius 3 is 2.67 bits per heavy atom. The third kappa shape index (κ3) is 3.12. The molecule has 0 saturated carbocycles. The lowest BCUT2D eigenvalue weighted by molar-refractivity contribution is -0.385. The summed E-state index contributed by atoms with van der Waals surface area (Å²) in [7, 11) is 0. The minimum atomic E-state index is -1.58. The minimum absolute atomic E-state index is 0.127. The topological polar surface area (TPSA) is 166 Å². The summed E-state index contributed by atoms with van der Waals surface area (Å²) >= 11 is 0. The van der Waals surface area contributed by atoms with Gasteiger partial charge in [-0.3, -0.25) is 14.9 Å². The molecule has 2 unspecified atom stereocenters. The number of hydrogen-bond acceptors (Lipinski definition) is 7. The maximum Gasteiger partial charge on any atom is 0.288 e. The quantitative estimate of drug-likeness (QED) is 0.380. The monoisotopic (exact) mass is 256 g/mol. The summed E-state index contributed by atoms with van der Waals surface area (Å²) in [4.78, 5) is 24.0. The molecule has 1 amide bonds. The van der Waals surface area contributed by atoms with Gasteiger partial charge in [0.15, 0.2) is 0 Å². The normalized spacial score (nSPS) is 13.9. The van der Waals surface area contributed by atoms with Gasteiger partial charge in [0.05, 0.1) is 17.4 Å². The predicted molar refractivity (Wildman–Crippen MR) is 60.1 cm³/mol. The number of primary amides is 1. The molecule has 1 heterocycles. The summed E-state index contributed by atoms with van der Waals surface area (Å²) in [6.45, 7) is 0. The molecule has 9 nitrogen and oxygen atoms in total.